The molecule has 3 aromatic rings. The highest BCUT2D eigenvalue weighted by Gasteiger charge is 2.31. The summed E-state index contributed by atoms with van der Waals surface area (Å²) in [5, 5.41) is 17.9. The molecule has 0 spiro atoms. The predicted molar refractivity (Wildman–Crippen MR) is 167 cm³/mol. The smallest absolute Gasteiger partial charge is 0.326 e. The van der Waals surface area contributed by atoms with Crippen molar-refractivity contribution in [2.75, 3.05) is 6.54 Å². The maximum absolute atomic E-state index is 13.6. The minimum absolute atomic E-state index is 0.0178. The molecule has 1 heterocycles. The molecule has 240 valence electrons. The summed E-state index contributed by atoms with van der Waals surface area (Å²) in [6, 6.07) is 11.2. The predicted octanol–water partition coefficient (Wildman–Crippen LogP) is -1.25. The standard InChI is InChI=1S/C30H39N9O6/c31-20(14-18-16-36-21-10-5-4-9-19(18)21)26(41)37-22(11-6-12-35-30(33)34)27(42)38-23(13-17-7-2-1-3-8-17)28(43)39-24(29(44)45)15-25(32)40/h1-5,7-10,16,20,22-24,36H,6,11-15,31H2,(H2,32,40)(H,37,41)(H,38,42)(H,39,43)(H,44,45)(H4,33,34,35). The van der Waals surface area contributed by atoms with E-state index < -0.39 is 60.2 Å². The average molecular weight is 622 g/mol. The summed E-state index contributed by atoms with van der Waals surface area (Å²) in [5.41, 5.74) is 24.6. The summed E-state index contributed by atoms with van der Waals surface area (Å²) in [4.78, 5) is 70.1. The van der Waals surface area contributed by atoms with Gasteiger partial charge in [-0.05, 0) is 36.5 Å². The molecule has 0 aliphatic heterocycles. The van der Waals surface area contributed by atoms with E-state index in [2.05, 4.69) is 25.9 Å². The number of rotatable bonds is 17. The molecule has 4 unspecified atom stereocenters. The van der Waals surface area contributed by atoms with Gasteiger partial charge in [-0.25, -0.2) is 4.79 Å². The quantitative estimate of drug-likeness (QED) is 0.0494. The monoisotopic (exact) mass is 621 g/mol. The Morgan fingerprint density at radius 1 is 0.800 bits per heavy atom. The number of nitrogens with one attached hydrogen (secondary N) is 4. The molecule has 0 bridgehead atoms. The number of aromatic amines is 1. The number of carboxylic acids is 1. The molecular formula is C30H39N9O6. The molecule has 0 saturated carbocycles. The molecule has 0 fully saturated rings. The van der Waals surface area contributed by atoms with E-state index in [-0.39, 0.29) is 31.8 Å². The Kier molecular flexibility index (Phi) is 12.4. The number of H-pyrrole nitrogens is 1. The van der Waals surface area contributed by atoms with Crippen LogP contribution >= 0.6 is 0 Å². The highest BCUT2D eigenvalue weighted by Crippen LogP contribution is 2.19. The molecular weight excluding hydrogens is 582 g/mol. The third kappa shape index (κ3) is 10.7. The second kappa shape index (κ2) is 16.4. The highest BCUT2D eigenvalue weighted by molar-refractivity contribution is 5.95. The van der Waals surface area contributed by atoms with Gasteiger partial charge in [0.1, 0.15) is 18.1 Å². The number of carbonyl (C=O) groups is 5. The van der Waals surface area contributed by atoms with Gasteiger partial charge in [0, 0.05) is 30.1 Å². The lowest BCUT2D eigenvalue weighted by Crippen LogP contribution is -2.58. The molecule has 0 radical (unpaired) electrons. The van der Waals surface area contributed by atoms with Crippen LogP contribution in [0.15, 0.2) is 65.8 Å². The van der Waals surface area contributed by atoms with E-state index in [4.69, 9.17) is 22.9 Å². The number of aromatic nitrogens is 1. The lowest BCUT2D eigenvalue weighted by atomic mass is 10.0. The summed E-state index contributed by atoms with van der Waals surface area (Å²) in [6.07, 6.45) is 1.68. The number of carboxylic acid groups (broad SMARTS) is 1. The number of fused-ring (bicyclic) bond motifs is 1. The van der Waals surface area contributed by atoms with Crippen LogP contribution in [0.5, 0.6) is 0 Å². The highest BCUT2D eigenvalue weighted by atomic mass is 16.4. The van der Waals surface area contributed by atoms with Gasteiger partial charge in [-0.2, -0.15) is 0 Å². The van der Waals surface area contributed by atoms with Crippen molar-refractivity contribution in [3.63, 3.8) is 0 Å². The molecule has 2 aromatic carbocycles. The van der Waals surface area contributed by atoms with Crippen LogP contribution in [0.4, 0.5) is 0 Å². The summed E-state index contributed by atoms with van der Waals surface area (Å²) in [5.74, 6) is -4.71. The number of guanidine groups is 1. The van der Waals surface area contributed by atoms with Gasteiger partial charge in [-0.1, -0.05) is 48.5 Å². The molecule has 3 rings (SSSR count). The molecule has 4 atom stereocenters. The lowest BCUT2D eigenvalue weighted by Gasteiger charge is -2.25. The fraction of sp³-hybridized carbons (Fsp3) is 0.333. The van der Waals surface area contributed by atoms with E-state index in [1.807, 2.05) is 24.3 Å². The second-order valence-corrected chi connectivity index (χ2v) is 10.5. The molecule has 13 N–H and O–H groups in total. The first-order valence-corrected chi connectivity index (χ1v) is 14.3. The van der Waals surface area contributed by atoms with Crippen LogP contribution in [-0.4, -0.2) is 76.4 Å². The maximum atomic E-state index is 13.6. The van der Waals surface area contributed by atoms with Crippen LogP contribution in [0.25, 0.3) is 10.9 Å². The van der Waals surface area contributed by atoms with Crippen LogP contribution in [0.3, 0.4) is 0 Å². The molecule has 45 heavy (non-hydrogen) atoms. The number of primary amides is 1. The number of hydrogen-bond donors (Lipinski definition) is 9. The van der Waals surface area contributed by atoms with Crippen LogP contribution in [0.2, 0.25) is 0 Å². The molecule has 0 saturated heterocycles. The Bertz CT molecular complexity index is 1520. The van der Waals surface area contributed by atoms with Crippen molar-refractivity contribution in [3.05, 3.63) is 71.9 Å². The van der Waals surface area contributed by atoms with E-state index in [1.165, 1.54) is 0 Å². The van der Waals surface area contributed by atoms with Crippen molar-refractivity contribution >= 4 is 46.5 Å². The third-order valence-electron chi connectivity index (χ3n) is 6.97. The van der Waals surface area contributed by atoms with E-state index in [0.29, 0.717) is 12.0 Å². The van der Waals surface area contributed by atoms with Crippen molar-refractivity contribution in [3.8, 4) is 0 Å². The van der Waals surface area contributed by atoms with Crippen molar-refractivity contribution < 1.29 is 29.1 Å². The van der Waals surface area contributed by atoms with E-state index in [0.717, 1.165) is 16.5 Å². The minimum atomic E-state index is -1.61. The van der Waals surface area contributed by atoms with E-state index in [9.17, 15) is 29.1 Å². The van der Waals surface area contributed by atoms with Crippen molar-refractivity contribution in [2.24, 2.45) is 27.9 Å². The zero-order chi connectivity index (χ0) is 32.9. The largest absolute Gasteiger partial charge is 0.480 e. The summed E-state index contributed by atoms with van der Waals surface area (Å²) in [7, 11) is 0. The molecule has 15 heteroatoms. The minimum Gasteiger partial charge on any atom is -0.480 e. The van der Waals surface area contributed by atoms with Crippen LogP contribution < -0.4 is 38.9 Å². The number of nitrogens with zero attached hydrogens (tertiary/aromatic N) is 1. The van der Waals surface area contributed by atoms with E-state index >= 15 is 0 Å². The fourth-order valence-electron chi connectivity index (χ4n) is 4.69. The Labute approximate surface area is 259 Å². The first kappa shape index (κ1) is 34.1. The Morgan fingerprint density at radius 3 is 2.09 bits per heavy atom. The van der Waals surface area contributed by atoms with Gasteiger partial charge in [0.15, 0.2) is 5.96 Å². The number of nitrogens with two attached hydrogens (primary N) is 4. The molecule has 0 aliphatic rings. The average Bonchev–Trinajstić information content (AvgIpc) is 3.40. The molecule has 15 nitrogen and oxygen atoms in total. The molecule has 1 aromatic heterocycles. The van der Waals surface area contributed by atoms with Gasteiger partial charge >= 0.3 is 5.97 Å². The summed E-state index contributed by atoms with van der Waals surface area (Å²) >= 11 is 0. The van der Waals surface area contributed by atoms with Gasteiger partial charge in [0.05, 0.1) is 12.5 Å². The third-order valence-corrected chi connectivity index (χ3v) is 6.97. The lowest BCUT2D eigenvalue weighted by molar-refractivity contribution is -0.143. The number of para-hydroxylation sites is 1. The van der Waals surface area contributed by atoms with Gasteiger partial charge in [0.25, 0.3) is 0 Å². The topological polar surface area (TPSA) is 274 Å². The SMILES string of the molecule is NC(=O)CC(NC(=O)C(Cc1ccccc1)NC(=O)C(CCCN=C(N)N)NC(=O)C(N)Cc1c[nH]c2ccccc12)C(=O)O. The van der Waals surface area contributed by atoms with Gasteiger partial charge in [-0.3, -0.25) is 24.2 Å². The van der Waals surface area contributed by atoms with Crippen LogP contribution in [-0.2, 0) is 36.8 Å². The zero-order valence-corrected chi connectivity index (χ0v) is 24.6. The fourth-order valence-corrected chi connectivity index (χ4v) is 4.69. The van der Waals surface area contributed by atoms with Gasteiger partial charge in [0.2, 0.25) is 23.6 Å². The number of amides is 4. The Hall–Kier alpha value is -5.44. The molecule has 0 aliphatic carbocycles. The first-order valence-electron chi connectivity index (χ1n) is 14.3. The van der Waals surface area contributed by atoms with Crippen LogP contribution in [0, 0.1) is 0 Å². The molecule has 4 amide bonds. The Balaban J connectivity index is 1.79. The summed E-state index contributed by atoms with van der Waals surface area (Å²) < 4.78 is 0. The maximum Gasteiger partial charge on any atom is 0.326 e. The number of aliphatic carboxylic acids is 1. The van der Waals surface area contributed by atoms with Gasteiger partial charge in [-0.15, -0.1) is 0 Å². The summed E-state index contributed by atoms with van der Waals surface area (Å²) in [6.45, 7) is 0.171. The van der Waals surface area contributed by atoms with Crippen molar-refractivity contribution in [2.45, 2.75) is 56.3 Å². The van der Waals surface area contributed by atoms with Crippen LogP contribution in [0.1, 0.15) is 30.4 Å². The normalized spacial score (nSPS) is 13.5. The first-order chi connectivity index (χ1) is 21.4. The number of hydrogen-bond acceptors (Lipinski definition) is 7. The number of benzene rings is 2. The zero-order valence-electron chi connectivity index (χ0n) is 24.6. The van der Waals surface area contributed by atoms with Crippen molar-refractivity contribution in [1.82, 2.24) is 20.9 Å². The number of aliphatic imine (C=N–C) groups is 1. The van der Waals surface area contributed by atoms with Gasteiger partial charge < -0.3 is 49.0 Å². The number of carbonyl (C=O) groups excluding carboxylic acids is 4. The van der Waals surface area contributed by atoms with E-state index in [1.54, 1.807) is 36.5 Å². The Morgan fingerprint density at radius 2 is 1.42 bits per heavy atom. The second-order valence-electron chi connectivity index (χ2n) is 10.5. The van der Waals surface area contributed by atoms with Crippen molar-refractivity contribution in [1.29, 1.82) is 0 Å².